The Morgan fingerprint density at radius 3 is 2.57 bits per heavy atom. The van der Waals surface area contributed by atoms with Gasteiger partial charge in [-0.3, -0.25) is 0 Å². The Hall–Kier alpha value is -1.27. The molecule has 1 saturated heterocycles. The van der Waals surface area contributed by atoms with Crippen LogP contribution in [-0.2, 0) is 17.6 Å². The maximum atomic E-state index is 6.02. The van der Waals surface area contributed by atoms with Crippen molar-refractivity contribution in [2.24, 2.45) is 5.73 Å². The third-order valence-corrected chi connectivity index (χ3v) is 4.18. The van der Waals surface area contributed by atoms with Gasteiger partial charge in [0.2, 0.25) is 0 Å². The first-order valence-electron chi connectivity index (χ1n) is 7.46. The molecule has 0 aromatic carbocycles. The summed E-state index contributed by atoms with van der Waals surface area (Å²) >= 11 is 5.31. The van der Waals surface area contributed by atoms with Gasteiger partial charge in [0.25, 0.3) is 0 Å². The van der Waals surface area contributed by atoms with E-state index in [1.165, 1.54) is 0 Å². The summed E-state index contributed by atoms with van der Waals surface area (Å²) in [7, 11) is 0. The van der Waals surface area contributed by atoms with Gasteiger partial charge in [-0.25, -0.2) is 0 Å². The van der Waals surface area contributed by atoms with Crippen LogP contribution in [0.3, 0.4) is 0 Å². The van der Waals surface area contributed by atoms with Crippen molar-refractivity contribution in [2.45, 2.75) is 46.1 Å². The Balaban J connectivity index is 2.60. The molecule has 1 aliphatic rings. The highest BCUT2D eigenvalue weighted by Gasteiger charge is 2.34. The number of rotatable bonds is 4. The molecular weight excluding hydrogens is 284 g/mol. The summed E-state index contributed by atoms with van der Waals surface area (Å²) in [6.07, 6.45) is 1.68. The number of hydrogen-bond acceptors (Lipinski definition) is 5. The molecule has 2 rings (SSSR count). The van der Waals surface area contributed by atoms with Gasteiger partial charge in [0, 0.05) is 6.54 Å². The van der Waals surface area contributed by atoms with E-state index >= 15 is 0 Å². The highest BCUT2D eigenvalue weighted by Crippen LogP contribution is 2.30. The van der Waals surface area contributed by atoms with Crippen molar-refractivity contribution in [3.05, 3.63) is 16.8 Å². The molecule has 0 aliphatic carbocycles. The summed E-state index contributed by atoms with van der Waals surface area (Å²) in [5, 5.41) is 8.86. The molecule has 0 unspecified atom stereocenters. The number of anilines is 1. The van der Waals surface area contributed by atoms with Gasteiger partial charge >= 0.3 is 0 Å². The number of aryl methyl sites for hydroxylation is 1. The van der Waals surface area contributed by atoms with E-state index in [0.29, 0.717) is 18.2 Å². The molecular formula is C15H24N4OS. The number of hydrogen-bond donors (Lipinski definition) is 1. The highest BCUT2D eigenvalue weighted by atomic mass is 32.1. The Kier molecular flexibility index (Phi) is 4.78. The second-order valence-electron chi connectivity index (χ2n) is 5.91. The molecule has 116 valence electrons. The average molecular weight is 308 g/mol. The fourth-order valence-electron chi connectivity index (χ4n) is 2.86. The van der Waals surface area contributed by atoms with E-state index in [9.17, 15) is 0 Å². The van der Waals surface area contributed by atoms with Crippen molar-refractivity contribution in [1.82, 2.24) is 10.2 Å². The zero-order valence-electron chi connectivity index (χ0n) is 13.3. The highest BCUT2D eigenvalue weighted by molar-refractivity contribution is 7.80. The minimum atomic E-state index is -0.148. The third kappa shape index (κ3) is 3.01. The first-order valence-corrected chi connectivity index (χ1v) is 7.86. The standard InChI is InChI=1S/C15H24N4OS/c1-5-10-11(6-2)17-18-14(12(10)13(16)21)19-7-8-20-9-15(19,3)4/h5-9H2,1-4H3,(H2,16,21). The van der Waals surface area contributed by atoms with Crippen LogP contribution < -0.4 is 10.6 Å². The van der Waals surface area contributed by atoms with E-state index in [2.05, 4.69) is 42.8 Å². The number of thiocarbonyl (C=S) groups is 1. The van der Waals surface area contributed by atoms with E-state index < -0.39 is 0 Å². The third-order valence-electron chi connectivity index (χ3n) is 3.97. The largest absolute Gasteiger partial charge is 0.389 e. The Bertz CT molecular complexity index is 545. The molecule has 5 nitrogen and oxygen atoms in total. The SMILES string of the molecule is CCc1nnc(N2CCOCC2(C)C)c(C(N)=S)c1CC. The van der Waals surface area contributed by atoms with Gasteiger partial charge in [-0.05, 0) is 32.3 Å². The fraction of sp³-hybridized carbons (Fsp3) is 0.667. The predicted octanol–water partition coefficient (Wildman–Crippen LogP) is 1.85. The predicted molar refractivity (Wildman–Crippen MR) is 88.9 cm³/mol. The fourth-order valence-corrected chi connectivity index (χ4v) is 3.08. The lowest BCUT2D eigenvalue weighted by atomic mass is 9.98. The Labute approximate surface area is 131 Å². The van der Waals surface area contributed by atoms with Crippen LogP contribution >= 0.6 is 12.2 Å². The summed E-state index contributed by atoms with van der Waals surface area (Å²) in [5.41, 5.74) is 8.86. The van der Waals surface area contributed by atoms with Crippen LogP contribution in [0, 0.1) is 0 Å². The molecule has 1 aliphatic heterocycles. The molecule has 0 radical (unpaired) electrons. The van der Waals surface area contributed by atoms with Gasteiger partial charge in [-0.2, -0.15) is 5.10 Å². The molecule has 0 saturated carbocycles. The average Bonchev–Trinajstić information content (AvgIpc) is 2.45. The first kappa shape index (κ1) is 16.1. The van der Waals surface area contributed by atoms with Crippen LogP contribution in [0.25, 0.3) is 0 Å². The van der Waals surface area contributed by atoms with Gasteiger partial charge in [-0.1, -0.05) is 26.1 Å². The lowest BCUT2D eigenvalue weighted by Gasteiger charge is -2.43. The monoisotopic (exact) mass is 308 g/mol. The number of nitrogens with zero attached hydrogens (tertiary/aromatic N) is 3. The molecule has 0 spiro atoms. The number of aromatic nitrogens is 2. The van der Waals surface area contributed by atoms with Crippen LogP contribution in [0.1, 0.15) is 44.5 Å². The zero-order valence-corrected chi connectivity index (χ0v) is 14.1. The molecule has 1 aromatic heterocycles. The van der Waals surface area contributed by atoms with Crippen LogP contribution in [0.2, 0.25) is 0 Å². The van der Waals surface area contributed by atoms with Crippen molar-refractivity contribution in [2.75, 3.05) is 24.7 Å². The lowest BCUT2D eigenvalue weighted by molar-refractivity contribution is 0.0638. The van der Waals surface area contributed by atoms with E-state index in [1.54, 1.807) is 0 Å². The first-order chi connectivity index (χ1) is 9.92. The maximum absolute atomic E-state index is 6.02. The second-order valence-corrected chi connectivity index (χ2v) is 6.35. The molecule has 6 heteroatoms. The van der Waals surface area contributed by atoms with Crippen LogP contribution in [-0.4, -0.2) is 40.5 Å². The molecule has 2 N–H and O–H groups in total. The van der Waals surface area contributed by atoms with Gasteiger partial charge < -0.3 is 15.4 Å². The topological polar surface area (TPSA) is 64.3 Å². The Morgan fingerprint density at radius 2 is 2.05 bits per heavy atom. The molecule has 0 amide bonds. The van der Waals surface area contributed by atoms with E-state index in [1.807, 2.05) is 0 Å². The maximum Gasteiger partial charge on any atom is 0.162 e. The smallest absolute Gasteiger partial charge is 0.162 e. The van der Waals surface area contributed by atoms with Gasteiger partial charge in [0.1, 0.15) is 4.99 Å². The molecule has 2 heterocycles. The molecule has 0 bridgehead atoms. The van der Waals surface area contributed by atoms with Crippen molar-refractivity contribution >= 4 is 23.0 Å². The van der Waals surface area contributed by atoms with Crippen molar-refractivity contribution in [1.29, 1.82) is 0 Å². The quantitative estimate of drug-likeness (QED) is 0.857. The lowest BCUT2D eigenvalue weighted by Crippen LogP contribution is -2.54. The van der Waals surface area contributed by atoms with Gasteiger partial charge in [0.05, 0.1) is 30.0 Å². The molecule has 0 atom stereocenters. The van der Waals surface area contributed by atoms with Gasteiger partial charge in [0.15, 0.2) is 5.82 Å². The summed E-state index contributed by atoms with van der Waals surface area (Å²) in [6.45, 7) is 10.6. The Morgan fingerprint density at radius 1 is 1.33 bits per heavy atom. The number of morpholine rings is 1. The summed E-state index contributed by atoms with van der Waals surface area (Å²) in [5.74, 6) is 0.796. The zero-order chi connectivity index (χ0) is 15.6. The normalized spacial score (nSPS) is 17.8. The van der Waals surface area contributed by atoms with E-state index in [4.69, 9.17) is 22.7 Å². The summed E-state index contributed by atoms with van der Waals surface area (Å²) in [4.78, 5) is 2.62. The van der Waals surface area contributed by atoms with Crippen molar-refractivity contribution < 1.29 is 4.74 Å². The van der Waals surface area contributed by atoms with Crippen molar-refractivity contribution in [3.63, 3.8) is 0 Å². The summed E-state index contributed by atoms with van der Waals surface area (Å²) < 4.78 is 5.58. The van der Waals surface area contributed by atoms with Crippen LogP contribution in [0.5, 0.6) is 0 Å². The van der Waals surface area contributed by atoms with Crippen LogP contribution in [0.15, 0.2) is 0 Å². The minimum Gasteiger partial charge on any atom is -0.389 e. The number of ether oxygens (including phenoxy) is 1. The summed E-state index contributed by atoms with van der Waals surface area (Å²) in [6, 6.07) is 0. The van der Waals surface area contributed by atoms with E-state index in [0.717, 1.165) is 42.0 Å². The minimum absolute atomic E-state index is 0.148. The van der Waals surface area contributed by atoms with Gasteiger partial charge in [-0.15, -0.1) is 5.10 Å². The number of nitrogens with two attached hydrogens (primary N) is 1. The van der Waals surface area contributed by atoms with E-state index in [-0.39, 0.29) is 5.54 Å². The second kappa shape index (κ2) is 6.23. The van der Waals surface area contributed by atoms with Crippen molar-refractivity contribution in [3.8, 4) is 0 Å². The van der Waals surface area contributed by atoms with Crippen LogP contribution in [0.4, 0.5) is 5.82 Å². The molecule has 1 fully saturated rings. The molecule has 1 aromatic rings. The molecule has 21 heavy (non-hydrogen) atoms.